The third-order valence-electron chi connectivity index (χ3n) is 3.56. The van der Waals surface area contributed by atoms with E-state index in [4.69, 9.17) is 12.2 Å². The third-order valence-corrected chi connectivity index (χ3v) is 5.08. The lowest BCUT2D eigenvalue weighted by atomic mass is 10.1. The highest BCUT2D eigenvalue weighted by atomic mass is 32.2. The molecule has 1 amide bonds. The second kappa shape index (κ2) is 8.88. The maximum absolute atomic E-state index is 11.9. The van der Waals surface area contributed by atoms with E-state index in [0.29, 0.717) is 17.9 Å². The molecule has 2 rings (SSSR count). The Morgan fingerprint density at radius 2 is 1.91 bits per heavy atom. The van der Waals surface area contributed by atoms with Crippen molar-refractivity contribution in [3.05, 3.63) is 35.4 Å². The fourth-order valence-corrected chi connectivity index (χ4v) is 3.33. The molecule has 1 saturated heterocycles. The smallest absolute Gasteiger partial charge is 0.337 e. The first kappa shape index (κ1) is 17.7. The van der Waals surface area contributed by atoms with Gasteiger partial charge in [0.2, 0.25) is 5.91 Å². The summed E-state index contributed by atoms with van der Waals surface area (Å²) in [6.07, 6.45) is 2.35. The number of carbonyl (C=O) groups is 2. The molecule has 0 aromatic heterocycles. The van der Waals surface area contributed by atoms with Crippen LogP contribution in [-0.2, 0) is 16.1 Å². The minimum atomic E-state index is -0.368. The van der Waals surface area contributed by atoms with Gasteiger partial charge in [-0.1, -0.05) is 36.1 Å². The highest BCUT2D eigenvalue weighted by Gasteiger charge is 2.16. The lowest BCUT2D eigenvalue weighted by Crippen LogP contribution is -2.28. The number of likely N-dealkylation sites (tertiary alicyclic amines) is 1. The molecule has 1 aliphatic rings. The van der Waals surface area contributed by atoms with E-state index in [1.54, 1.807) is 24.3 Å². The van der Waals surface area contributed by atoms with Gasteiger partial charge in [-0.2, -0.15) is 0 Å². The van der Waals surface area contributed by atoms with Crippen molar-refractivity contribution < 1.29 is 14.3 Å². The highest BCUT2D eigenvalue weighted by Crippen LogP contribution is 2.16. The molecule has 7 heteroatoms. The highest BCUT2D eigenvalue weighted by molar-refractivity contribution is 8.23. The summed E-state index contributed by atoms with van der Waals surface area (Å²) in [6, 6.07) is 6.97. The van der Waals surface area contributed by atoms with Crippen LogP contribution < -0.4 is 5.32 Å². The summed E-state index contributed by atoms with van der Waals surface area (Å²) in [4.78, 5) is 25.4. The van der Waals surface area contributed by atoms with E-state index < -0.39 is 0 Å². The number of carbonyl (C=O) groups excluding carboxylic acids is 2. The molecule has 1 fully saturated rings. The number of esters is 1. The number of hydrogen-bond donors (Lipinski definition) is 1. The van der Waals surface area contributed by atoms with Crippen LogP contribution in [0.5, 0.6) is 0 Å². The van der Waals surface area contributed by atoms with E-state index >= 15 is 0 Å². The molecule has 0 saturated carbocycles. The standard InChI is InChI=1S/C16H20N2O3S2/c1-21-15(20)13-6-4-12(5-7-13)10-17-14(19)11-23-16(22)18-8-2-3-9-18/h4-7H,2-3,8-11H2,1H3,(H,17,19). The maximum Gasteiger partial charge on any atom is 0.337 e. The molecule has 0 atom stereocenters. The van der Waals surface area contributed by atoms with Crippen LogP contribution >= 0.6 is 24.0 Å². The Balaban J connectivity index is 1.71. The molecule has 1 aliphatic heterocycles. The van der Waals surface area contributed by atoms with Crippen molar-refractivity contribution in [2.24, 2.45) is 0 Å². The van der Waals surface area contributed by atoms with Crippen LogP contribution in [0.15, 0.2) is 24.3 Å². The largest absolute Gasteiger partial charge is 0.465 e. The van der Waals surface area contributed by atoms with E-state index in [9.17, 15) is 9.59 Å². The van der Waals surface area contributed by atoms with Gasteiger partial charge in [0.15, 0.2) is 0 Å². The van der Waals surface area contributed by atoms with Gasteiger partial charge in [-0.3, -0.25) is 4.79 Å². The van der Waals surface area contributed by atoms with Gasteiger partial charge in [0.05, 0.1) is 18.4 Å². The second-order valence-corrected chi connectivity index (χ2v) is 6.82. The number of benzene rings is 1. The summed E-state index contributed by atoms with van der Waals surface area (Å²) in [5.74, 6) is -0.0868. The average Bonchev–Trinajstić information content (AvgIpc) is 3.12. The molecule has 1 N–H and O–H groups in total. The topological polar surface area (TPSA) is 58.6 Å². The van der Waals surface area contributed by atoms with Crippen molar-refractivity contribution in [2.45, 2.75) is 19.4 Å². The van der Waals surface area contributed by atoms with Crippen molar-refractivity contribution in [1.82, 2.24) is 10.2 Å². The van der Waals surface area contributed by atoms with Gasteiger partial charge in [-0.25, -0.2) is 4.79 Å². The van der Waals surface area contributed by atoms with Crippen LogP contribution in [0.1, 0.15) is 28.8 Å². The lowest BCUT2D eigenvalue weighted by molar-refractivity contribution is -0.118. The molecule has 0 spiro atoms. The number of nitrogens with zero attached hydrogens (tertiary/aromatic N) is 1. The molecular weight excluding hydrogens is 332 g/mol. The van der Waals surface area contributed by atoms with Crippen molar-refractivity contribution in [3.63, 3.8) is 0 Å². The number of nitrogens with one attached hydrogen (secondary N) is 1. The number of hydrogen-bond acceptors (Lipinski definition) is 5. The number of ether oxygens (including phenoxy) is 1. The zero-order valence-electron chi connectivity index (χ0n) is 13.0. The molecular formula is C16H20N2O3S2. The Morgan fingerprint density at radius 3 is 2.52 bits per heavy atom. The van der Waals surface area contributed by atoms with Gasteiger partial charge in [0.1, 0.15) is 4.32 Å². The molecule has 5 nitrogen and oxygen atoms in total. The predicted octanol–water partition coefficient (Wildman–Crippen LogP) is 2.20. The predicted molar refractivity (Wildman–Crippen MR) is 95.5 cm³/mol. The van der Waals surface area contributed by atoms with Crippen LogP contribution in [0, 0.1) is 0 Å². The maximum atomic E-state index is 11.9. The fourth-order valence-electron chi connectivity index (χ4n) is 2.25. The van der Waals surface area contributed by atoms with Crippen molar-refractivity contribution in [1.29, 1.82) is 0 Å². The first-order chi connectivity index (χ1) is 11.1. The number of amides is 1. The first-order valence-corrected chi connectivity index (χ1v) is 8.85. The number of methoxy groups -OCH3 is 1. The average molecular weight is 352 g/mol. The minimum Gasteiger partial charge on any atom is -0.465 e. The Bertz CT molecular complexity index is 569. The lowest BCUT2D eigenvalue weighted by Gasteiger charge is -2.17. The van der Waals surface area contributed by atoms with Crippen molar-refractivity contribution in [3.8, 4) is 0 Å². The second-order valence-electron chi connectivity index (χ2n) is 5.21. The Morgan fingerprint density at radius 1 is 1.26 bits per heavy atom. The fraction of sp³-hybridized carbons (Fsp3) is 0.438. The summed E-state index contributed by atoms with van der Waals surface area (Å²) >= 11 is 6.74. The molecule has 1 aromatic carbocycles. The van der Waals surface area contributed by atoms with Gasteiger partial charge >= 0.3 is 5.97 Å². The van der Waals surface area contributed by atoms with Crippen LogP contribution in [-0.4, -0.2) is 47.0 Å². The molecule has 23 heavy (non-hydrogen) atoms. The number of rotatable bonds is 5. The number of thioether (sulfide) groups is 1. The van der Waals surface area contributed by atoms with Crippen LogP contribution in [0.25, 0.3) is 0 Å². The van der Waals surface area contributed by atoms with Crippen LogP contribution in [0.2, 0.25) is 0 Å². The first-order valence-electron chi connectivity index (χ1n) is 7.46. The van der Waals surface area contributed by atoms with E-state index in [1.807, 2.05) is 0 Å². The molecule has 1 aromatic rings. The zero-order valence-corrected chi connectivity index (χ0v) is 14.7. The van der Waals surface area contributed by atoms with E-state index in [2.05, 4.69) is 15.0 Å². The molecule has 0 radical (unpaired) electrons. The Hall–Kier alpha value is -1.60. The summed E-state index contributed by atoms with van der Waals surface area (Å²) in [6.45, 7) is 2.43. The number of thiocarbonyl (C=S) groups is 1. The van der Waals surface area contributed by atoms with E-state index in [0.717, 1.165) is 23.0 Å². The van der Waals surface area contributed by atoms with Gasteiger partial charge in [0.25, 0.3) is 0 Å². The summed E-state index contributed by atoms with van der Waals surface area (Å²) in [5.41, 5.74) is 1.42. The van der Waals surface area contributed by atoms with Gasteiger partial charge in [-0.05, 0) is 30.5 Å². The molecule has 1 heterocycles. The van der Waals surface area contributed by atoms with Gasteiger partial charge in [0, 0.05) is 19.6 Å². The van der Waals surface area contributed by atoms with Crippen molar-refractivity contribution >= 4 is 40.2 Å². The Kier molecular flexibility index (Phi) is 6.85. The summed E-state index contributed by atoms with van der Waals surface area (Å²) < 4.78 is 5.45. The minimum absolute atomic E-state index is 0.0476. The SMILES string of the molecule is COC(=O)c1ccc(CNC(=O)CSC(=S)N2CCCC2)cc1. The third kappa shape index (κ3) is 5.51. The Labute approximate surface area is 145 Å². The van der Waals surface area contributed by atoms with Crippen molar-refractivity contribution in [2.75, 3.05) is 26.0 Å². The van der Waals surface area contributed by atoms with Crippen LogP contribution in [0.3, 0.4) is 0 Å². The summed E-state index contributed by atoms with van der Waals surface area (Å²) in [7, 11) is 1.35. The van der Waals surface area contributed by atoms with Gasteiger partial charge < -0.3 is 15.0 Å². The quantitative estimate of drug-likeness (QED) is 0.648. The monoisotopic (exact) mass is 352 g/mol. The summed E-state index contributed by atoms with van der Waals surface area (Å²) in [5, 5.41) is 2.85. The molecule has 0 unspecified atom stereocenters. The normalized spacial score (nSPS) is 13.7. The van der Waals surface area contributed by atoms with E-state index in [1.165, 1.54) is 31.7 Å². The molecule has 124 valence electrons. The van der Waals surface area contributed by atoms with Gasteiger partial charge in [-0.15, -0.1) is 0 Å². The van der Waals surface area contributed by atoms with E-state index in [-0.39, 0.29) is 11.9 Å². The zero-order chi connectivity index (χ0) is 16.7. The molecule has 0 aliphatic carbocycles. The molecule has 0 bridgehead atoms. The van der Waals surface area contributed by atoms with Crippen LogP contribution in [0.4, 0.5) is 0 Å².